The first-order valence-electron chi connectivity index (χ1n) is 38.0. The van der Waals surface area contributed by atoms with Crippen molar-refractivity contribution in [2.45, 2.75) is 450 Å². The van der Waals surface area contributed by atoms with Crippen LogP contribution in [-0.4, -0.2) is 47.4 Å². The van der Waals surface area contributed by atoms with Gasteiger partial charge in [-0.2, -0.15) is 0 Å². The van der Waals surface area contributed by atoms with Gasteiger partial charge < -0.3 is 20.3 Å². The monoisotopic (exact) mass is 1160 g/mol. The molecule has 0 saturated heterocycles. The standard InChI is InChI=1S/C76H149NO5/c1-3-5-7-9-11-13-14-15-16-40-44-47-50-54-58-62-66-70-76(81)82-71-67-63-59-55-51-48-45-42-39-37-35-33-31-29-27-25-23-21-19-17-18-20-22-24-26-28-30-32-34-36-38-41-43-46-49-53-57-61-65-69-75(80)77-73(72-78)74(79)68-64-60-56-52-12-10-8-6-4-2/h64,68,73-74,78-79H,3-63,65-67,69-72H2,1-2H3,(H,77,80)/b68-64+. The molecule has 82 heavy (non-hydrogen) atoms. The number of unbranched alkanes of at least 4 members (excludes halogenated alkanes) is 61. The van der Waals surface area contributed by atoms with Gasteiger partial charge in [0.25, 0.3) is 0 Å². The molecule has 0 spiro atoms. The first-order valence-corrected chi connectivity index (χ1v) is 38.0. The summed E-state index contributed by atoms with van der Waals surface area (Å²) >= 11 is 0. The summed E-state index contributed by atoms with van der Waals surface area (Å²) in [5.74, 6) is -0.0337. The minimum absolute atomic E-state index is 0.0288. The van der Waals surface area contributed by atoms with Gasteiger partial charge in [0.15, 0.2) is 0 Å². The largest absolute Gasteiger partial charge is 0.466 e. The van der Waals surface area contributed by atoms with Crippen LogP contribution >= 0.6 is 0 Å². The molecule has 6 heteroatoms. The fourth-order valence-electron chi connectivity index (χ4n) is 12.3. The van der Waals surface area contributed by atoms with Crippen molar-refractivity contribution in [2.75, 3.05) is 13.2 Å². The molecule has 6 nitrogen and oxygen atoms in total. The number of carbonyl (C=O) groups is 2. The highest BCUT2D eigenvalue weighted by Gasteiger charge is 2.18. The van der Waals surface area contributed by atoms with Crippen molar-refractivity contribution in [1.29, 1.82) is 0 Å². The number of aliphatic hydroxyl groups is 2. The average molecular weight is 1160 g/mol. The molecule has 0 aliphatic rings. The molecule has 2 atom stereocenters. The van der Waals surface area contributed by atoms with Crippen molar-refractivity contribution in [2.24, 2.45) is 0 Å². The van der Waals surface area contributed by atoms with Gasteiger partial charge in [0.2, 0.25) is 5.91 Å². The van der Waals surface area contributed by atoms with E-state index in [2.05, 4.69) is 19.2 Å². The van der Waals surface area contributed by atoms with Crippen LogP contribution in [0.5, 0.6) is 0 Å². The minimum atomic E-state index is -0.837. The number of allylic oxidation sites excluding steroid dienone is 1. The topological polar surface area (TPSA) is 95.9 Å². The van der Waals surface area contributed by atoms with Crippen LogP contribution in [0.15, 0.2) is 12.2 Å². The Bertz CT molecular complexity index is 1240. The second-order valence-electron chi connectivity index (χ2n) is 26.4. The summed E-state index contributed by atoms with van der Waals surface area (Å²) in [4.78, 5) is 24.5. The summed E-state index contributed by atoms with van der Waals surface area (Å²) in [6.45, 7) is 4.92. The zero-order valence-corrected chi connectivity index (χ0v) is 56.0. The van der Waals surface area contributed by atoms with E-state index in [0.29, 0.717) is 19.4 Å². The van der Waals surface area contributed by atoms with Crippen LogP contribution in [0.4, 0.5) is 0 Å². The van der Waals surface area contributed by atoms with E-state index in [1.165, 1.54) is 372 Å². The van der Waals surface area contributed by atoms with Crippen LogP contribution in [0.25, 0.3) is 0 Å². The molecule has 0 aromatic heterocycles. The molecule has 0 aliphatic carbocycles. The number of rotatable bonds is 72. The second-order valence-corrected chi connectivity index (χ2v) is 26.4. The maximum Gasteiger partial charge on any atom is 0.305 e. The molecule has 0 heterocycles. The lowest BCUT2D eigenvalue weighted by molar-refractivity contribution is -0.143. The van der Waals surface area contributed by atoms with Crippen LogP contribution in [0, 0.1) is 0 Å². The Morgan fingerprint density at radius 1 is 0.329 bits per heavy atom. The Morgan fingerprint density at radius 3 is 0.829 bits per heavy atom. The Morgan fingerprint density at radius 2 is 0.561 bits per heavy atom. The number of esters is 1. The molecule has 0 rings (SSSR count). The summed E-state index contributed by atoms with van der Waals surface area (Å²) in [5, 5.41) is 23.0. The lowest BCUT2D eigenvalue weighted by Crippen LogP contribution is -2.45. The van der Waals surface area contributed by atoms with Crippen molar-refractivity contribution in [3.63, 3.8) is 0 Å². The van der Waals surface area contributed by atoms with Crippen molar-refractivity contribution in [3.05, 3.63) is 12.2 Å². The molecule has 0 fully saturated rings. The third kappa shape index (κ3) is 67.7. The highest BCUT2D eigenvalue weighted by Crippen LogP contribution is 2.20. The molecular formula is C76H149NO5. The Labute approximate surface area is 514 Å². The fraction of sp³-hybridized carbons (Fsp3) is 0.947. The van der Waals surface area contributed by atoms with Gasteiger partial charge in [-0.05, 0) is 32.1 Å². The number of hydrogen-bond donors (Lipinski definition) is 3. The maximum absolute atomic E-state index is 12.4. The number of hydrogen-bond acceptors (Lipinski definition) is 5. The summed E-state index contributed by atoms with van der Waals surface area (Å²) in [6, 6.07) is -0.620. The molecule has 0 bridgehead atoms. The average Bonchev–Trinajstić information content (AvgIpc) is 3.48. The van der Waals surface area contributed by atoms with Crippen LogP contribution in [0.3, 0.4) is 0 Å². The van der Waals surface area contributed by atoms with E-state index in [9.17, 15) is 19.8 Å². The number of carbonyl (C=O) groups excluding carboxylic acids is 2. The van der Waals surface area contributed by atoms with Gasteiger partial charge in [0, 0.05) is 12.8 Å². The van der Waals surface area contributed by atoms with Crippen LogP contribution < -0.4 is 5.32 Å². The number of aliphatic hydroxyl groups excluding tert-OH is 2. The van der Waals surface area contributed by atoms with Gasteiger partial charge in [-0.25, -0.2) is 0 Å². The van der Waals surface area contributed by atoms with E-state index in [0.717, 1.165) is 38.5 Å². The van der Waals surface area contributed by atoms with Crippen LogP contribution in [0.2, 0.25) is 0 Å². The molecule has 0 saturated carbocycles. The van der Waals surface area contributed by atoms with E-state index in [-0.39, 0.29) is 18.5 Å². The molecule has 0 aliphatic heterocycles. The first kappa shape index (κ1) is 80.6. The SMILES string of the molecule is CCCCCCCCC/C=C/C(O)C(CO)NC(=O)CCCCCCCCCCCCCCCCCCCCCCCCCCCCCCCCCCCCCCCCCOC(=O)CCCCCCCCCCCCCCCCCCC. The number of nitrogens with one attached hydrogen (secondary N) is 1. The van der Waals surface area contributed by atoms with Crippen molar-refractivity contribution in [3.8, 4) is 0 Å². The summed E-state index contributed by atoms with van der Waals surface area (Å²) in [7, 11) is 0. The molecule has 3 N–H and O–H groups in total. The highest BCUT2D eigenvalue weighted by atomic mass is 16.5. The molecule has 1 amide bonds. The van der Waals surface area contributed by atoms with Crippen molar-refractivity contribution >= 4 is 11.9 Å². The first-order chi connectivity index (χ1) is 40.5. The quantitative estimate of drug-likeness (QED) is 0.0320. The number of ether oxygens (including phenoxy) is 1. The molecule has 2 unspecified atom stereocenters. The van der Waals surface area contributed by atoms with Crippen LogP contribution in [0.1, 0.15) is 438 Å². The fourth-order valence-corrected chi connectivity index (χ4v) is 12.3. The molecular weight excluding hydrogens is 1010 g/mol. The lowest BCUT2D eigenvalue weighted by atomic mass is 10.0. The zero-order chi connectivity index (χ0) is 59.2. The zero-order valence-electron chi connectivity index (χ0n) is 56.0. The van der Waals surface area contributed by atoms with E-state index in [1.54, 1.807) is 6.08 Å². The minimum Gasteiger partial charge on any atom is -0.466 e. The summed E-state index contributed by atoms with van der Waals surface area (Å²) in [5.41, 5.74) is 0. The summed E-state index contributed by atoms with van der Waals surface area (Å²) < 4.78 is 5.52. The smallest absolute Gasteiger partial charge is 0.305 e. The van der Waals surface area contributed by atoms with Gasteiger partial charge in [-0.3, -0.25) is 9.59 Å². The molecule has 0 radical (unpaired) electrons. The Kier molecular flexibility index (Phi) is 70.8. The van der Waals surface area contributed by atoms with E-state index >= 15 is 0 Å². The third-order valence-electron chi connectivity index (χ3n) is 18.1. The predicted octanol–water partition coefficient (Wildman–Crippen LogP) is 24.7. The Hall–Kier alpha value is -1.40. The highest BCUT2D eigenvalue weighted by molar-refractivity contribution is 5.76. The molecule has 488 valence electrons. The normalized spacial score (nSPS) is 12.5. The van der Waals surface area contributed by atoms with Crippen molar-refractivity contribution in [1.82, 2.24) is 5.32 Å². The van der Waals surface area contributed by atoms with E-state index in [4.69, 9.17) is 4.74 Å². The van der Waals surface area contributed by atoms with E-state index in [1.807, 2.05) is 6.08 Å². The van der Waals surface area contributed by atoms with Crippen LogP contribution in [-0.2, 0) is 14.3 Å². The van der Waals surface area contributed by atoms with Crippen molar-refractivity contribution < 1.29 is 24.5 Å². The lowest BCUT2D eigenvalue weighted by Gasteiger charge is -2.20. The predicted molar refractivity (Wildman–Crippen MR) is 361 cm³/mol. The second kappa shape index (κ2) is 72.1. The summed E-state index contributed by atoms with van der Waals surface area (Å²) in [6.07, 6.45) is 90.7. The molecule has 0 aromatic rings. The third-order valence-corrected chi connectivity index (χ3v) is 18.1. The van der Waals surface area contributed by atoms with E-state index < -0.39 is 12.1 Å². The van der Waals surface area contributed by atoms with Gasteiger partial charge >= 0.3 is 5.97 Å². The Balaban J connectivity index is 3.25. The van der Waals surface area contributed by atoms with Gasteiger partial charge in [-0.1, -0.05) is 405 Å². The van der Waals surface area contributed by atoms with Gasteiger partial charge in [0.05, 0.1) is 25.4 Å². The molecule has 0 aromatic carbocycles. The van der Waals surface area contributed by atoms with Gasteiger partial charge in [-0.15, -0.1) is 0 Å². The number of amides is 1. The van der Waals surface area contributed by atoms with Gasteiger partial charge in [0.1, 0.15) is 0 Å². The maximum atomic E-state index is 12.4.